The first-order chi connectivity index (χ1) is 12.9. The van der Waals surface area contributed by atoms with Gasteiger partial charge in [-0.05, 0) is 101 Å². The van der Waals surface area contributed by atoms with E-state index in [1.54, 1.807) is 13.0 Å². The van der Waals surface area contributed by atoms with E-state index in [2.05, 4.69) is 66.8 Å². The van der Waals surface area contributed by atoms with E-state index in [-0.39, 0.29) is 0 Å². The summed E-state index contributed by atoms with van der Waals surface area (Å²) in [5.41, 5.74) is 3.17. The Morgan fingerprint density at radius 1 is 1.15 bits per heavy atom. The standard InChI is InChI=1S/C19H16I2N4O2/c1-10-15(8-5-13(9-22)16(10)21)23-17(11(2)26)19-25-24-18(27-19)12-3-6-14(20)7-4-12/h3-8,11,17,23,26H,1-2H3/t11-,17+/m0/s1. The van der Waals surface area contributed by atoms with Gasteiger partial charge in [0.05, 0.1) is 11.7 Å². The van der Waals surface area contributed by atoms with Crippen molar-refractivity contribution in [2.24, 2.45) is 0 Å². The first-order valence-electron chi connectivity index (χ1n) is 8.14. The number of aliphatic hydroxyl groups excluding tert-OH is 1. The number of aliphatic hydroxyl groups is 1. The van der Waals surface area contributed by atoms with Crippen molar-refractivity contribution in [3.05, 3.63) is 60.6 Å². The molecule has 0 saturated carbocycles. The minimum absolute atomic E-state index is 0.303. The highest BCUT2D eigenvalue weighted by molar-refractivity contribution is 14.1. The second kappa shape index (κ2) is 8.53. The fraction of sp³-hybridized carbons (Fsp3) is 0.211. The molecule has 2 aromatic carbocycles. The molecule has 8 heteroatoms. The Hall–Kier alpha value is -1.71. The van der Waals surface area contributed by atoms with E-state index in [0.717, 1.165) is 24.0 Å². The van der Waals surface area contributed by atoms with Crippen LogP contribution in [0, 0.1) is 25.4 Å². The topological polar surface area (TPSA) is 95.0 Å². The van der Waals surface area contributed by atoms with E-state index in [9.17, 15) is 5.11 Å². The highest BCUT2D eigenvalue weighted by Crippen LogP contribution is 2.30. The number of anilines is 1. The Morgan fingerprint density at radius 3 is 2.48 bits per heavy atom. The highest BCUT2D eigenvalue weighted by atomic mass is 127. The van der Waals surface area contributed by atoms with Crippen LogP contribution in [0.15, 0.2) is 40.8 Å². The number of aromatic nitrogens is 2. The van der Waals surface area contributed by atoms with Crippen LogP contribution in [0.4, 0.5) is 5.69 Å². The van der Waals surface area contributed by atoms with Gasteiger partial charge in [-0.15, -0.1) is 10.2 Å². The summed E-state index contributed by atoms with van der Waals surface area (Å²) in [7, 11) is 0. The molecule has 138 valence electrons. The van der Waals surface area contributed by atoms with Crippen LogP contribution in [0.3, 0.4) is 0 Å². The largest absolute Gasteiger partial charge is 0.418 e. The van der Waals surface area contributed by atoms with Crippen LogP contribution in [0.2, 0.25) is 0 Å². The lowest BCUT2D eigenvalue weighted by Gasteiger charge is -2.21. The van der Waals surface area contributed by atoms with Gasteiger partial charge in [0.1, 0.15) is 12.1 Å². The van der Waals surface area contributed by atoms with Crippen molar-refractivity contribution in [1.29, 1.82) is 5.26 Å². The summed E-state index contributed by atoms with van der Waals surface area (Å²) in [6, 6.07) is 12.9. The molecule has 0 aliphatic heterocycles. The smallest absolute Gasteiger partial charge is 0.247 e. The third kappa shape index (κ3) is 4.41. The third-order valence-corrected chi connectivity index (χ3v) is 6.21. The Balaban J connectivity index is 1.90. The van der Waals surface area contributed by atoms with Crippen LogP contribution in [0.25, 0.3) is 11.5 Å². The predicted octanol–water partition coefficient (Wildman–Crippen LogP) is 4.66. The lowest BCUT2D eigenvalue weighted by Crippen LogP contribution is -2.23. The molecule has 0 aliphatic rings. The van der Waals surface area contributed by atoms with E-state index in [1.165, 1.54) is 0 Å². The minimum atomic E-state index is -0.761. The molecular formula is C19H16I2N4O2. The zero-order valence-electron chi connectivity index (χ0n) is 14.6. The quantitative estimate of drug-likeness (QED) is 0.423. The second-order valence-corrected chi connectivity index (χ2v) is 8.35. The first-order valence-corrected chi connectivity index (χ1v) is 10.3. The lowest BCUT2D eigenvalue weighted by atomic mass is 10.1. The van der Waals surface area contributed by atoms with Gasteiger partial charge in [-0.25, -0.2) is 0 Å². The second-order valence-electron chi connectivity index (χ2n) is 6.03. The number of nitrogens with zero attached hydrogens (tertiary/aromatic N) is 3. The molecule has 1 aromatic heterocycles. The molecule has 0 amide bonds. The molecule has 27 heavy (non-hydrogen) atoms. The number of rotatable bonds is 5. The van der Waals surface area contributed by atoms with Gasteiger partial charge in [0.25, 0.3) is 0 Å². The fourth-order valence-electron chi connectivity index (χ4n) is 2.55. The summed E-state index contributed by atoms with van der Waals surface area (Å²) in [6.07, 6.45) is -0.761. The molecule has 0 bridgehead atoms. The maximum Gasteiger partial charge on any atom is 0.247 e. The van der Waals surface area contributed by atoms with Crippen molar-refractivity contribution in [3.63, 3.8) is 0 Å². The van der Waals surface area contributed by atoms with Crippen LogP contribution in [0.5, 0.6) is 0 Å². The van der Waals surface area contributed by atoms with Gasteiger partial charge in [0.2, 0.25) is 11.8 Å². The molecule has 0 aliphatic carbocycles. The molecule has 0 fully saturated rings. The van der Waals surface area contributed by atoms with Crippen molar-refractivity contribution in [2.45, 2.75) is 26.0 Å². The van der Waals surface area contributed by atoms with Gasteiger partial charge in [0, 0.05) is 18.4 Å². The average molecular weight is 586 g/mol. The molecule has 0 spiro atoms. The van der Waals surface area contributed by atoms with Crippen molar-refractivity contribution in [3.8, 4) is 17.5 Å². The van der Waals surface area contributed by atoms with Gasteiger partial charge in [-0.2, -0.15) is 5.26 Å². The average Bonchev–Trinajstić information content (AvgIpc) is 3.13. The zero-order chi connectivity index (χ0) is 19.6. The molecule has 3 aromatic rings. The van der Waals surface area contributed by atoms with Gasteiger partial charge < -0.3 is 14.8 Å². The van der Waals surface area contributed by atoms with Crippen molar-refractivity contribution in [1.82, 2.24) is 10.2 Å². The monoisotopic (exact) mass is 586 g/mol. The number of nitrogens with one attached hydrogen (secondary N) is 1. The van der Waals surface area contributed by atoms with E-state index in [0.29, 0.717) is 17.3 Å². The molecule has 0 unspecified atom stereocenters. The van der Waals surface area contributed by atoms with Crippen LogP contribution in [-0.4, -0.2) is 21.4 Å². The van der Waals surface area contributed by atoms with Crippen LogP contribution < -0.4 is 5.32 Å². The van der Waals surface area contributed by atoms with Crippen molar-refractivity contribution >= 4 is 50.9 Å². The molecular weight excluding hydrogens is 570 g/mol. The van der Waals surface area contributed by atoms with Gasteiger partial charge in [-0.1, -0.05) is 0 Å². The maximum absolute atomic E-state index is 10.3. The Labute approximate surface area is 184 Å². The molecule has 0 radical (unpaired) electrons. The van der Waals surface area contributed by atoms with E-state index >= 15 is 0 Å². The summed E-state index contributed by atoms with van der Waals surface area (Å²) in [4.78, 5) is 0. The number of hydrogen-bond donors (Lipinski definition) is 2. The Bertz CT molecular complexity index is 994. The van der Waals surface area contributed by atoms with E-state index in [4.69, 9.17) is 9.68 Å². The van der Waals surface area contributed by atoms with Crippen LogP contribution in [-0.2, 0) is 0 Å². The molecule has 1 heterocycles. The number of halogens is 2. The summed E-state index contributed by atoms with van der Waals surface area (Å²) in [5, 5.41) is 30.9. The Morgan fingerprint density at radius 2 is 1.85 bits per heavy atom. The van der Waals surface area contributed by atoms with E-state index < -0.39 is 12.1 Å². The normalized spacial score (nSPS) is 13.0. The number of hydrogen-bond acceptors (Lipinski definition) is 6. The van der Waals surface area contributed by atoms with Crippen LogP contribution >= 0.6 is 45.2 Å². The summed E-state index contributed by atoms with van der Waals surface area (Å²) >= 11 is 4.38. The third-order valence-electron chi connectivity index (χ3n) is 4.10. The zero-order valence-corrected chi connectivity index (χ0v) is 18.9. The molecule has 0 saturated heterocycles. The van der Waals surface area contributed by atoms with Crippen molar-refractivity contribution < 1.29 is 9.52 Å². The summed E-state index contributed by atoms with van der Waals surface area (Å²) in [5.74, 6) is 0.706. The summed E-state index contributed by atoms with van der Waals surface area (Å²) in [6.45, 7) is 3.59. The van der Waals surface area contributed by atoms with Crippen molar-refractivity contribution in [2.75, 3.05) is 5.32 Å². The SMILES string of the molecule is Cc1c(N[C@@H](c2nnc(-c3ccc(I)cc3)o2)[C@H](C)O)ccc(C#N)c1I. The lowest BCUT2D eigenvalue weighted by molar-refractivity contribution is 0.159. The van der Waals surface area contributed by atoms with Crippen LogP contribution in [0.1, 0.15) is 30.0 Å². The minimum Gasteiger partial charge on any atom is -0.418 e. The number of nitriles is 1. The van der Waals surface area contributed by atoms with Gasteiger partial charge in [0.15, 0.2) is 0 Å². The summed E-state index contributed by atoms with van der Waals surface area (Å²) < 4.78 is 7.81. The Kier molecular flexibility index (Phi) is 6.33. The number of benzene rings is 2. The highest BCUT2D eigenvalue weighted by Gasteiger charge is 2.25. The maximum atomic E-state index is 10.3. The van der Waals surface area contributed by atoms with Gasteiger partial charge >= 0.3 is 0 Å². The molecule has 3 rings (SSSR count). The van der Waals surface area contributed by atoms with Gasteiger partial charge in [-0.3, -0.25) is 0 Å². The van der Waals surface area contributed by atoms with E-state index in [1.807, 2.05) is 37.3 Å². The molecule has 2 N–H and O–H groups in total. The fourth-order valence-corrected chi connectivity index (χ4v) is 3.50. The first kappa shape index (κ1) is 20.0. The molecule has 6 nitrogen and oxygen atoms in total. The predicted molar refractivity (Wildman–Crippen MR) is 119 cm³/mol. The molecule has 2 atom stereocenters.